The van der Waals surface area contributed by atoms with Crippen molar-refractivity contribution in [2.24, 2.45) is 0 Å². The van der Waals surface area contributed by atoms with E-state index in [4.69, 9.17) is 0 Å². The van der Waals surface area contributed by atoms with E-state index in [1.807, 2.05) is 6.92 Å². The van der Waals surface area contributed by atoms with Gasteiger partial charge in [0.05, 0.1) is 16.5 Å². The molecule has 1 saturated heterocycles. The Morgan fingerprint density at radius 1 is 1.14 bits per heavy atom. The van der Waals surface area contributed by atoms with Crippen molar-refractivity contribution in [2.75, 3.05) is 6.54 Å². The summed E-state index contributed by atoms with van der Waals surface area (Å²) in [5, 5.41) is 22.0. The third-order valence-corrected chi connectivity index (χ3v) is 4.74. The van der Waals surface area contributed by atoms with Crippen LogP contribution in [0.5, 0.6) is 0 Å². The number of carbonyl (C=O) groups is 2. The highest BCUT2D eigenvalue weighted by molar-refractivity contribution is 6.46. The van der Waals surface area contributed by atoms with Crippen LogP contribution < -0.4 is 0 Å². The van der Waals surface area contributed by atoms with Crippen LogP contribution in [0.15, 0.2) is 60.2 Å². The van der Waals surface area contributed by atoms with E-state index < -0.39 is 22.7 Å². The molecule has 0 unspecified atom stereocenters. The highest BCUT2D eigenvalue weighted by Crippen LogP contribution is 2.40. The van der Waals surface area contributed by atoms with E-state index in [-0.39, 0.29) is 17.0 Å². The molecule has 1 fully saturated rings. The van der Waals surface area contributed by atoms with E-state index >= 15 is 0 Å². The summed E-state index contributed by atoms with van der Waals surface area (Å²) in [7, 11) is 0. The van der Waals surface area contributed by atoms with Gasteiger partial charge in [-0.1, -0.05) is 55.8 Å². The van der Waals surface area contributed by atoms with Crippen molar-refractivity contribution in [2.45, 2.75) is 25.8 Å². The van der Waals surface area contributed by atoms with Crippen molar-refractivity contribution >= 4 is 23.1 Å². The van der Waals surface area contributed by atoms with E-state index in [2.05, 4.69) is 0 Å². The number of nitro benzene ring substituents is 1. The molecule has 144 valence electrons. The number of carbonyl (C=O) groups excluding carboxylic acids is 2. The first-order valence-corrected chi connectivity index (χ1v) is 9.04. The highest BCUT2D eigenvalue weighted by Gasteiger charge is 2.46. The lowest BCUT2D eigenvalue weighted by molar-refractivity contribution is -0.384. The molecule has 2 aromatic rings. The average Bonchev–Trinajstić information content (AvgIpc) is 2.97. The molecule has 0 aliphatic carbocycles. The van der Waals surface area contributed by atoms with Crippen LogP contribution in [0.25, 0.3) is 5.76 Å². The molecule has 1 aliphatic rings. The molecule has 0 aromatic heterocycles. The number of benzene rings is 2. The van der Waals surface area contributed by atoms with Crippen molar-refractivity contribution in [1.82, 2.24) is 4.90 Å². The third-order valence-electron chi connectivity index (χ3n) is 4.74. The Morgan fingerprint density at radius 3 is 2.50 bits per heavy atom. The van der Waals surface area contributed by atoms with Crippen LogP contribution in [0.4, 0.5) is 5.69 Å². The van der Waals surface area contributed by atoms with Crippen molar-refractivity contribution in [1.29, 1.82) is 0 Å². The summed E-state index contributed by atoms with van der Waals surface area (Å²) >= 11 is 0. The molecule has 1 heterocycles. The number of hydrogen-bond donors (Lipinski definition) is 1. The minimum absolute atomic E-state index is 0.0483. The number of nitrogens with zero attached hydrogens (tertiary/aromatic N) is 2. The van der Waals surface area contributed by atoms with E-state index in [0.29, 0.717) is 24.1 Å². The SMILES string of the molecule is CCCCN1C(=O)C(=O)C(=C(O)c2ccccc2)[C@H]1c1cccc([N+](=O)[O-])c1. The smallest absolute Gasteiger partial charge is 0.295 e. The van der Waals surface area contributed by atoms with Gasteiger partial charge >= 0.3 is 0 Å². The molecule has 7 nitrogen and oxygen atoms in total. The normalized spacial score (nSPS) is 18.5. The van der Waals surface area contributed by atoms with Crippen LogP contribution in [-0.4, -0.2) is 33.2 Å². The number of nitro groups is 1. The Kier molecular flexibility index (Phi) is 5.54. The maximum atomic E-state index is 12.8. The van der Waals surface area contributed by atoms with Crippen molar-refractivity contribution < 1.29 is 19.6 Å². The molecule has 1 N–H and O–H groups in total. The number of likely N-dealkylation sites (tertiary alicyclic amines) is 1. The van der Waals surface area contributed by atoms with Crippen LogP contribution in [0, 0.1) is 10.1 Å². The van der Waals surface area contributed by atoms with E-state index in [1.165, 1.54) is 23.1 Å². The van der Waals surface area contributed by atoms with Gasteiger partial charge in [0.1, 0.15) is 5.76 Å². The van der Waals surface area contributed by atoms with Gasteiger partial charge in [-0.15, -0.1) is 0 Å². The first kappa shape index (κ1) is 19.3. The maximum Gasteiger partial charge on any atom is 0.295 e. The zero-order valence-electron chi connectivity index (χ0n) is 15.4. The van der Waals surface area contributed by atoms with Crippen LogP contribution in [0.2, 0.25) is 0 Å². The molecule has 1 atom stereocenters. The summed E-state index contributed by atoms with van der Waals surface area (Å²) in [6, 6.07) is 13.4. The number of hydrogen-bond acceptors (Lipinski definition) is 5. The molecule has 28 heavy (non-hydrogen) atoms. The second-order valence-electron chi connectivity index (χ2n) is 6.56. The van der Waals surface area contributed by atoms with Crippen molar-refractivity contribution in [3.63, 3.8) is 0 Å². The summed E-state index contributed by atoms with van der Waals surface area (Å²) in [6.45, 7) is 2.28. The number of Topliss-reactive ketones (excluding diaryl/α,β-unsaturated/α-hetero) is 1. The van der Waals surface area contributed by atoms with Gasteiger partial charge in [0, 0.05) is 24.2 Å². The minimum Gasteiger partial charge on any atom is -0.507 e. The quantitative estimate of drug-likeness (QED) is 0.270. The summed E-state index contributed by atoms with van der Waals surface area (Å²) in [5.74, 6) is -1.77. The molecule has 2 aromatic carbocycles. The molecular formula is C21H20N2O5. The lowest BCUT2D eigenvalue weighted by atomic mass is 9.95. The maximum absolute atomic E-state index is 12.8. The summed E-state index contributed by atoms with van der Waals surface area (Å²) in [6.07, 6.45) is 1.48. The Balaban J connectivity index is 2.18. The second-order valence-corrected chi connectivity index (χ2v) is 6.56. The van der Waals surface area contributed by atoms with E-state index in [9.17, 15) is 24.8 Å². The number of aliphatic hydroxyl groups excluding tert-OH is 1. The molecule has 1 amide bonds. The van der Waals surface area contributed by atoms with Crippen LogP contribution >= 0.6 is 0 Å². The fourth-order valence-corrected chi connectivity index (χ4v) is 3.35. The Morgan fingerprint density at radius 2 is 1.86 bits per heavy atom. The van der Waals surface area contributed by atoms with Gasteiger partial charge in [-0.3, -0.25) is 19.7 Å². The van der Waals surface area contributed by atoms with E-state index in [0.717, 1.165) is 6.42 Å². The largest absolute Gasteiger partial charge is 0.507 e. The summed E-state index contributed by atoms with van der Waals surface area (Å²) in [4.78, 5) is 37.5. The molecule has 0 radical (unpaired) electrons. The monoisotopic (exact) mass is 380 g/mol. The number of ketones is 1. The van der Waals surface area contributed by atoms with Crippen molar-refractivity contribution in [3.8, 4) is 0 Å². The number of non-ortho nitro benzene ring substituents is 1. The van der Waals surface area contributed by atoms with Gasteiger partial charge in [-0.2, -0.15) is 0 Å². The van der Waals surface area contributed by atoms with Gasteiger partial charge in [0.25, 0.3) is 17.4 Å². The number of rotatable bonds is 6. The number of unbranched alkanes of at least 4 members (excludes halogenated alkanes) is 1. The Labute approximate surface area is 162 Å². The Bertz CT molecular complexity index is 952. The van der Waals surface area contributed by atoms with Crippen LogP contribution in [-0.2, 0) is 9.59 Å². The topological polar surface area (TPSA) is 101 Å². The third kappa shape index (κ3) is 3.51. The van der Waals surface area contributed by atoms with Crippen molar-refractivity contribution in [3.05, 3.63) is 81.4 Å². The lowest BCUT2D eigenvalue weighted by Gasteiger charge is -2.25. The summed E-state index contributed by atoms with van der Waals surface area (Å²) in [5.41, 5.74) is 0.638. The van der Waals surface area contributed by atoms with Gasteiger partial charge in [0.15, 0.2) is 0 Å². The molecule has 3 rings (SSSR count). The highest BCUT2D eigenvalue weighted by atomic mass is 16.6. The first-order valence-electron chi connectivity index (χ1n) is 9.04. The van der Waals surface area contributed by atoms with Gasteiger partial charge in [-0.05, 0) is 12.0 Å². The standard InChI is InChI=1S/C21H20N2O5/c1-2-3-12-22-18(15-10-7-11-16(13-15)23(27)28)17(20(25)21(22)26)19(24)14-8-5-4-6-9-14/h4-11,13,18,24H,2-3,12H2,1H3/t18-/m1/s1. The van der Waals surface area contributed by atoms with Crippen LogP contribution in [0.1, 0.15) is 36.9 Å². The van der Waals surface area contributed by atoms with Gasteiger partial charge in [0.2, 0.25) is 0 Å². The second kappa shape index (κ2) is 8.04. The average molecular weight is 380 g/mol. The van der Waals surface area contributed by atoms with Gasteiger partial charge in [-0.25, -0.2) is 0 Å². The zero-order chi connectivity index (χ0) is 20.3. The van der Waals surface area contributed by atoms with Crippen LogP contribution in [0.3, 0.4) is 0 Å². The van der Waals surface area contributed by atoms with E-state index in [1.54, 1.807) is 36.4 Å². The predicted molar refractivity (Wildman–Crippen MR) is 103 cm³/mol. The minimum atomic E-state index is -0.869. The number of aliphatic hydroxyl groups is 1. The summed E-state index contributed by atoms with van der Waals surface area (Å²) < 4.78 is 0. The molecule has 7 heteroatoms. The molecule has 0 saturated carbocycles. The number of amides is 1. The fourth-order valence-electron chi connectivity index (χ4n) is 3.35. The molecule has 0 spiro atoms. The Hall–Kier alpha value is -3.48. The zero-order valence-corrected chi connectivity index (χ0v) is 15.4. The molecular weight excluding hydrogens is 360 g/mol. The fraction of sp³-hybridized carbons (Fsp3) is 0.238. The van der Waals surface area contributed by atoms with Gasteiger partial charge < -0.3 is 10.0 Å². The lowest BCUT2D eigenvalue weighted by Crippen LogP contribution is -2.30. The molecule has 0 bridgehead atoms. The molecule has 1 aliphatic heterocycles. The predicted octanol–water partition coefficient (Wildman–Crippen LogP) is 3.82. The first-order chi connectivity index (χ1) is 13.5.